The van der Waals surface area contributed by atoms with Gasteiger partial charge < -0.3 is 69.3 Å². The minimum Gasteiger partial charge on any atom is -0.394 e. The average molecular weight is 827 g/mol. The van der Waals surface area contributed by atoms with Gasteiger partial charge in [0.1, 0.15) is 61.0 Å². The third-order valence-corrected chi connectivity index (χ3v) is 16.2. The van der Waals surface area contributed by atoms with Crippen molar-refractivity contribution in [3.05, 3.63) is 11.6 Å². The van der Waals surface area contributed by atoms with Gasteiger partial charge in [0.15, 0.2) is 18.9 Å². The lowest BCUT2D eigenvalue weighted by Gasteiger charge is -2.58. The second-order valence-electron chi connectivity index (χ2n) is 20.1. The Morgan fingerprint density at radius 3 is 2.19 bits per heavy atom. The van der Waals surface area contributed by atoms with Crippen LogP contribution in [0.1, 0.15) is 112 Å². The summed E-state index contributed by atoms with van der Waals surface area (Å²) in [7, 11) is 0. The summed E-state index contributed by atoms with van der Waals surface area (Å²) in [6.45, 7) is 12.7. The van der Waals surface area contributed by atoms with E-state index in [0.29, 0.717) is 23.7 Å². The maximum Gasteiger partial charge on any atom is 0.187 e. The van der Waals surface area contributed by atoms with Crippen LogP contribution in [0.4, 0.5) is 0 Å². The second kappa shape index (κ2) is 18.1. The molecule has 3 aliphatic heterocycles. The first kappa shape index (κ1) is 45.2. The van der Waals surface area contributed by atoms with Crippen LogP contribution in [0.3, 0.4) is 0 Å². The molecule has 0 aromatic heterocycles. The highest BCUT2D eigenvalue weighted by Crippen LogP contribution is 2.67. The Labute approximate surface area is 344 Å². The van der Waals surface area contributed by atoms with Crippen LogP contribution in [0.2, 0.25) is 0 Å². The molecule has 3 saturated carbocycles. The first-order valence-corrected chi connectivity index (χ1v) is 22.4. The average Bonchev–Trinajstić information content (AvgIpc) is 3.55. The van der Waals surface area contributed by atoms with Crippen LogP contribution in [-0.2, 0) is 28.4 Å². The first-order valence-electron chi connectivity index (χ1n) is 22.4. The van der Waals surface area contributed by atoms with E-state index in [-0.39, 0.29) is 18.1 Å². The van der Waals surface area contributed by atoms with Gasteiger partial charge >= 0.3 is 0 Å². The molecule has 0 spiro atoms. The van der Waals surface area contributed by atoms with E-state index in [4.69, 9.17) is 28.4 Å². The number of rotatable bonds is 12. The van der Waals surface area contributed by atoms with Crippen LogP contribution in [0.25, 0.3) is 0 Å². The third kappa shape index (κ3) is 8.48. The standard InChI is InChI=1S/C44H74O14/c1-21(2)8-7-9-22(3)27-12-13-28-26-11-10-24-18-25(14-16-43(24,5)29(26)15-17-44(27,28)6)55-42-39(58-41-37(52)35(50)32(47)23(4)54-41)38(34(49)31(19-45)56-42)57-40-36(51)33(48)30(46)20-53-40/h10,21-23,25-42,45-52H,7-9,11-20H2,1-6H3/t22-,23+,25+,26+,27-,28+,29+,30-,31-,32+,33+,34+,35-,36-,37-,38+,39-,40+,41+,42-,43+,44-/m1/s1. The summed E-state index contributed by atoms with van der Waals surface area (Å²) in [6, 6.07) is 0. The van der Waals surface area contributed by atoms with E-state index >= 15 is 0 Å². The highest BCUT2D eigenvalue weighted by Gasteiger charge is 2.60. The fourth-order valence-corrected chi connectivity index (χ4v) is 12.7. The Bertz CT molecular complexity index is 1400. The monoisotopic (exact) mass is 827 g/mol. The van der Waals surface area contributed by atoms with Gasteiger partial charge in [0, 0.05) is 0 Å². The van der Waals surface area contributed by atoms with Crippen LogP contribution in [-0.4, -0.2) is 146 Å². The SMILES string of the molecule is CC(C)CCC[C@@H](C)[C@H]1CC[C@H]2[C@@H]3CC=C4C[C@@H](O[C@@H]5O[C@H](CO)[C@H](O)[C@H](O[C@@H]6OC[C@@H](O)[C@H](O)[C@H]6O)[C@H]5O[C@@H]5O[C@@H](C)[C@H](O)[C@@H](O)[C@H]5O)CC[C@]4(C)[C@H]3CC[C@]12C. The van der Waals surface area contributed by atoms with E-state index in [1.165, 1.54) is 57.4 Å². The lowest BCUT2D eigenvalue weighted by Crippen LogP contribution is -2.66. The van der Waals surface area contributed by atoms with Gasteiger partial charge in [0.25, 0.3) is 0 Å². The Kier molecular flexibility index (Phi) is 14.1. The summed E-state index contributed by atoms with van der Waals surface area (Å²) >= 11 is 0. The predicted octanol–water partition coefficient (Wildman–Crippen LogP) is 2.53. The van der Waals surface area contributed by atoms with E-state index in [9.17, 15) is 40.9 Å². The maximum absolute atomic E-state index is 11.5. The molecule has 22 atom stereocenters. The number of hydrogen-bond acceptors (Lipinski definition) is 14. The Morgan fingerprint density at radius 1 is 0.741 bits per heavy atom. The number of aliphatic hydroxyl groups excluding tert-OH is 8. The highest BCUT2D eigenvalue weighted by molar-refractivity contribution is 5.25. The van der Waals surface area contributed by atoms with Gasteiger partial charge in [-0.2, -0.15) is 0 Å². The van der Waals surface area contributed by atoms with Gasteiger partial charge in [0.05, 0.1) is 25.4 Å². The zero-order chi connectivity index (χ0) is 41.8. The molecule has 14 heteroatoms. The van der Waals surface area contributed by atoms with Crippen LogP contribution in [0.15, 0.2) is 11.6 Å². The van der Waals surface area contributed by atoms with E-state index in [0.717, 1.165) is 42.9 Å². The zero-order valence-corrected chi connectivity index (χ0v) is 35.4. The molecule has 0 unspecified atom stereocenters. The van der Waals surface area contributed by atoms with Crippen molar-refractivity contribution in [2.75, 3.05) is 13.2 Å². The normalized spacial score (nSPS) is 51.4. The smallest absolute Gasteiger partial charge is 0.187 e. The number of hydrogen-bond donors (Lipinski definition) is 8. The molecule has 8 N–H and O–H groups in total. The van der Waals surface area contributed by atoms with E-state index in [2.05, 4.69) is 40.7 Å². The predicted molar refractivity (Wildman–Crippen MR) is 210 cm³/mol. The van der Waals surface area contributed by atoms with Crippen molar-refractivity contribution < 1.29 is 69.3 Å². The van der Waals surface area contributed by atoms with Gasteiger partial charge in [-0.25, -0.2) is 0 Å². The molecule has 3 heterocycles. The van der Waals surface area contributed by atoms with E-state index < -0.39 is 92.6 Å². The molecule has 7 aliphatic rings. The minimum absolute atomic E-state index is 0.0386. The highest BCUT2D eigenvalue weighted by atomic mass is 16.8. The van der Waals surface area contributed by atoms with Gasteiger partial charge in [-0.15, -0.1) is 0 Å². The van der Waals surface area contributed by atoms with Crippen LogP contribution < -0.4 is 0 Å². The van der Waals surface area contributed by atoms with Gasteiger partial charge in [-0.05, 0) is 105 Å². The fourth-order valence-electron chi connectivity index (χ4n) is 12.7. The quantitative estimate of drug-likeness (QED) is 0.133. The Balaban J connectivity index is 1.09. The Hall–Kier alpha value is -0.820. The van der Waals surface area contributed by atoms with Crippen molar-refractivity contribution in [2.45, 2.75) is 204 Å². The largest absolute Gasteiger partial charge is 0.394 e. The number of allylic oxidation sites excluding steroid dienone is 1. The summed E-state index contributed by atoms with van der Waals surface area (Å²) in [5, 5.41) is 85.0. The van der Waals surface area contributed by atoms with Crippen LogP contribution >= 0.6 is 0 Å². The lowest BCUT2D eigenvalue weighted by atomic mass is 9.47. The van der Waals surface area contributed by atoms with Crippen molar-refractivity contribution in [3.63, 3.8) is 0 Å². The summed E-state index contributed by atoms with van der Waals surface area (Å²) < 4.78 is 36.6. The second-order valence-corrected chi connectivity index (χ2v) is 20.1. The van der Waals surface area contributed by atoms with Crippen molar-refractivity contribution in [1.82, 2.24) is 0 Å². The molecule has 0 bridgehead atoms. The molecule has 0 aromatic rings. The third-order valence-electron chi connectivity index (χ3n) is 16.2. The van der Waals surface area contributed by atoms with Crippen molar-refractivity contribution >= 4 is 0 Å². The molecule has 0 amide bonds. The molecule has 0 aromatic carbocycles. The summed E-state index contributed by atoms with van der Waals surface area (Å²) in [5.74, 6) is 4.28. The van der Waals surface area contributed by atoms with Gasteiger partial charge in [-0.1, -0.05) is 65.5 Å². The molecule has 14 nitrogen and oxygen atoms in total. The lowest BCUT2D eigenvalue weighted by molar-refractivity contribution is -0.390. The van der Waals surface area contributed by atoms with E-state index in [1.807, 2.05) is 0 Å². The van der Waals surface area contributed by atoms with Gasteiger partial charge in [-0.3, -0.25) is 0 Å². The molecule has 3 saturated heterocycles. The molecule has 0 radical (unpaired) electrons. The molecule has 334 valence electrons. The molecule has 7 rings (SSSR count). The molecular weight excluding hydrogens is 752 g/mol. The summed E-state index contributed by atoms with van der Waals surface area (Å²) in [4.78, 5) is 0. The summed E-state index contributed by atoms with van der Waals surface area (Å²) in [5.41, 5.74) is 1.81. The van der Waals surface area contributed by atoms with E-state index in [1.54, 1.807) is 0 Å². The molecule has 4 aliphatic carbocycles. The van der Waals surface area contributed by atoms with Crippen LogP contribution in [0, 0.1) is 46.3 Å². The van der Waals surface area contributed by atoms with Crippen molar-refractivity contribution in [3.8, 4) is 0 Å². The minimum atomic E-state index is -1.70. The number of ether oxygens (including phenoxy) is 6. The molecular formula is C44H74O14. The van der Waals surface area contributed by atoms with Gasteiger partial charge in [0.2, 0.25) is 0 Å². The first-order chi connectivity index (χ1) is 27.5. The number of aliphatic hydroxyl groups is 8. The summed E-state index contributed by atoms with van der Waals surface area (Å²) in [6.07, 6.45) is -5.69. The molecule has 6 fully saturated rings. The number of fused-ring (bicyclic) bond motifs is 5. The maximum atomic E-state index is 11.5. The zero-order valence-electron chi connectivity index (χ0n) is 35.4. The van der Waals surface area contributed by atoms with Crippen molar-refractivity contribution in [2.24, 2.45) is 46.3 Å². The topological polar surface area (TPSA) is 217 Å². The van der Waals surface area contributed by atoms with Crippen molar-refractivity contribution in [1.29, 1.82) is 0 Å². The molecule has 58 heavy (non-hydrogen) atoms. The van der Waals surface area contributed by atoms with Crippen LogP contribution in [0.5, 0.6) is 0 Å². The Morgan fingerprint density at radius 2 is 1.47 bits per heavy atom. The fraction of sp³-hybridized carbons (Fsp3) is 0.955.